The number of esters is 2. The summed E-state index contributed by atoms with van der Waals surface area (Å²) in [6.45, 7) is 3.26. The van der Waals surface area contributed by atoms with Crippen molar-refractivity contribution in [2.24, 2.45) is 0 Å². The molecule has 0 spiro atoms. The van der Waals surface area contributed by atoms with Crippen LogP contribution < -0.4 is 19.5 Å². The lowest BCUT2D eigenvalue weighted by Gasteiger charge is -2.17. The van der Waals surface area contributed by atoms with Crippen LogP contribution in [0.1, 0.15) is 57.8 Å². The number of benzene rings is 3. The van der Waals surface area contributed by atoms with Crippen LogP contribution in [0.25, 0.3) is 0 Å². The number of hydrogen-bond acceptors (Lipinski definition) is 9. The molecule has 0 bridgehead atoms. The molecule has 1 atom stereocenters. The summed E-state index contributed by atoms with van der Waals surface area (Å²) in [4.78, 5) is 62.8. The number of imide groups is 1. The van der Waals surface area contributed by atoms with Gasteiger partial charge in [0.1, 0.15) is 23.0 Å². The van der Waals surface area contributed by atoms with Crippen molar-refractivity contribution in [2.75, 3.05) is 18.5 Å². The molecule has 2 aliphatic rings. The lowest BCUT2D eigenvalue weighted by molar-refractivity contribution is -0.132. The molecular weight excluding hydrogens is 532 g/mol. The summed E-state index contributed by atoms with van der Waals surface area (Å²) in [5, 5.41) is 2.72. The molecule has 1 unspecified atom stereocenters. The Morgan fingerprint density at radius 2 is 1.54 bits per heavy atom. The fraction of sp³-hybridized carbons (Fsp3) is 0.233. The number of ether oxygens (including phenoxy) is 4. The van der Waals surface area contributed by atoms with E-state index >= 15 is 0 Å². The summed E-state index contributed by atoms with van der Waals surface area (Å²) in [5.41, 5.74) is 1.03. The number of rotatable bonds is 8. The second kappa shape index (κ2) is 11.6. The topological polar surface area (TPSA) is 138 Å². The van der Waals surface area contributed by atoms with Gasteiger partial charge < -0.3 is 24.3 Å². The van der Waals surface area contributed by atoms with Crippen LogP contribution in [0.5, 0.6) is 23.0 Å². The van der Waals surface area contributed by atoms with E-state index in [2.05, 4.69) is 5.32 Å². The van der Waals surface area contributed by atoms with E-state index in [0.29, 0.717) is 29.4 Å². The molecule has 2 heterocycles. The minimum absolute atomic E-state index is 0.0393. The summed E-state index contributed by atoms with van der Waals surface area (Å²) >= 11 is 0. The maximum atomic E-state index is 13.0. The monoisotopic (exact) mass is 558 g/mol. The van der Waals surface area contributed by atoms with E-state index in [0.717, 1.165) is 12.8 Å². The molecule has 210 valence electrons. The van der Waals surface area contributed by atoms with Gasteiger partial charge in [-0.2, -0.15) is 0 Å². The van der Waals surface area contributed by atoms with E-state index < -0.39 is 23.8 Å². The van der Waals surface area contributed by atoms with Crippen molar-refractivity contribution >= 4 is 35.3 Å². The first-order valence-corrected chi connectivity index (χ1v) is 12.9. The minimum Gasteiger partial charge on any atom is -0.457 e. The zero-order valence-corrected chi connectivity index (χ0v) is 22.3. The Kier molecular flexibility index (Phi) is 7.79. The molecule has 3 aromatic carbocycles. The average Bonchev–Trinajstić information content (AvgIpc) is 3.51. The highest BCUT2D eigenvalue weighted by atomic mass is 16.5. The third kappa shape index (κ3) is 6.42. The number of carbonyl (C=O) groups is 5. The third-order valence-electron chi connectivity index (χ3n) is 6.35. The quantitative estimate of drug-likeness (QED) is 0.243. The SMILES string of the molecule is CC(=O)Oc1cc(OC(C)=O)cc(C(=O)Nc2cccc(Oc3ccc4c(c3)C(=O)N(CC3CCCO3)C4=O)c2)c1. The van der Waals surface area contributed by atoms with Crippen LogP contribution in [0, 0.1) is 0 Å². The molecule has 3 amide bonds. The van der Waals surface area contributed by atoms with Crippen LogP contribution in [0.3, 0.4) is 0 Å². The van der Waals surface area contributed by atoms with E-state index in [4.69, 9.17) is 18.9 Å². The van der Waals surface area contributed by atoms with Crippen LogP contribution in [0.4, 0.5) is 5.69 Å². The first-order chi connectivity index (χ1) is 19.7. The van der Waals surface area contributed by atoms with Crippen molar-refractivity contribution in [2.45, 2.75) is 32.8 Å². The summed E-state index contributed by atoms with van der Waals surface area (Å²) in [7, 11) is 0. The maximum absolute atomic E-state index is 13.0. The molecular formula is C30H26N2O9. The van der Waals surface area contributed by atoms with Gasteiger partial charge >= 0.3 is 11.9 Å². The Morgan fingerprint density at radius 3 is 2.20 bits per heavy atom. The van der Waals surface area contributed by atoms with E-state index in [1.54, 1.807) is 36.4 Å². The maximum Gasteiger partial charge on any atom is 0.308 e. The number of hydrogen-bond donors (Lipinski definition) is 1. The lowest BCUT2D eigenvalue weighted by Crippen LogP contribution is -2.36. The van der Waals surface area contributed by atoms with Gasteiger partial charge in [-0.1, -0.05) is 6.07 Å². The second-order valence-electron chi connectivity index (χ2n) is 9.53. The standard InChI is InChI=1S/C30H26N2O9/c1-17(33)39-24-11-19(12-25(14-24)40-18(2)34)28(35)31-20-5-3-6-21(13-20)41-22-8-9-26-27(15-22)30(37)32(29(26)36)16-23-7-4-10-38-23/h3,5-6,8-9,11-15,23H,4,7,10,16H2,1-2H3,(H,31,35). The molecule has 0 aliphatic carbocycles. The number of fused-ring (bicyclic) bond motifs is 1. The van der Waals surface area contributed by atoms with Gasteiger partial charge in [0.15, 0.2) is 0 Å². The highest BCUT2D eigenvalue weighted by molar-refractivity contribution is 6.21. The molecule has 1 N–H and O–H groups in total. The Morgan fingerprint density at radius 1 is 0.854 bits per heavy atom. The van der Waals surface area contributed by atoms with Gasteiger partial charge in [-0.05, 0) is 55.3 Å². The first-order valence-electron chi connectivity index (χ1n) is 12.9. The predicted octanol–water partition coefficient (Wildman–Crippen LogP) is 4.36. The molecule has 0 aromatic heterocycles. The number of nitrogens with zero attached hydrogens (tertiary/aromatic N) is 1. The molecule has 1 fully saturated rings. The molecule has 11 nitrogen and oxygen atoms in total. The minimum atomic E-state index is -0.602. The zero-order valence-electron chi connectivity index (χ0n) is 22.3. The molecule has 0 radical (unpaired) electrons. The molecule has 1 saturated heterocycles. The summed E-state index contributed by atoms with van der Waals surface area (Å²) in [6, 6.07) is 15.2. The van der Waals surface area contributed by atoms with Crippen molar-refractivity contribution in [3.63, 3.8) is 0 Å². The van der Waals surface area contributed by atoms with Gasteiger partial charge in [0, 0.05) is 43.8 Å². The van der Waals surface area contributed by atoms with Crippen molar-refractivity contribution in [3.05, 3.63) is 77.4 Å². The highest BCUT2D eigenvalue weighted by Crippen LogP contribution is 2.31. The molecule has 3 aromatic rings. The van der Waals surface area contributed by atoms with E-state index in [9.17, 15) is 24.0 Å². The Labute approximate surface area is 234 Å². The van der Waals surface area contributed by atoms with E-state index in [1.165, 1.54) is 43.0 Å². The average molecular weight is 559 g/mol. The molecule has 41 heavy (non-hydrogen) atoms. The summed E-state index contributed by atoms with van der Waals surface area (Å²) in [6.07, 6.45) is 1.56. The van der Waals surface area contributed by atoms with Crippen molar-refractivity contribution in [1.29, 1.82) is 0 Å². The van der Waals surface area contributed by atoms with Crippen LogP contribution in [0.15, 0.2) is 60.7 Å². The zero-order chi connectivity index (χ0) is 29.1. The summed E-state index contributed by atoms with van der Waals surface area (Å²) < 4.78 is 21.6. The smallest absolute Gasteiger partial charge is 0.308 e. The van der Waals surface area contributed by atoms with Crippen molar-refractivity contribution in [1.82, 2.24) is 4.90 Å². The lowest BCUT2D eigenvalue weighted by atomic mass is 10.1. The van der Waals surface area contributed by atoms with Crippen LogP contribution in [-0.4, -0.2) is 53.8 Å². The van der Waals surface area contributed by atoms with Gasteiger partial charge in [-0.25, -0.2) is 0 Å². The molecule has 2 aliphatic heterocycles. The number of amides is 3. The van der Waals surface area contributed by atoms with Crippen LogP contribution in [0.2, 0.25) is 0 Å². The summed E-state index contributed by atoms with van der Waals surface area (Å²) in [5.74, 6) is -1.73. The molecule has 11 heteroatoms. The number of nitrogens with one attached hydrogen (secondary N) is 1. The molecule has 0 saturated carbocycles. The van der Waals surface area contributed by atoms with Gasteiger partial charge in [0.05, 0.1) is 23.8 Å². The van der Waals surface area contributed by atoms with Crippen LogP contribution in [-0.2, 0) is 14.3 Å². The Hall–Kier alpha value is -5.03. The number of anilines is 1. The Bertz CT molecular complexity index is 1530. The number of carbonyl (C=O) groups excluding carboxylic acids is 5. The van der Waals surface area contributed by atoms with Gasteiger partial charge in [-0.15, -0.1) is 0 Å². The van der Waals surface area contributed by atoms with E-state index in [1.807, 2.05) is 0 Å². The second-order valence-corrected chi connectivity index (χ2v) is 9.53. The Balaban J connectivity index is 1.30. The highest BCUT2D eigenvalue weighted by Gasteiger charge is 2.37. The molecule has 5 rings (SSSR count). The van der Waals surface area contributed by atoms with E-state index in [-0.39, 0.29) is 41.2 Å². The predicted molar refractivity (Wildman–Crippen MR) is 144 cm³/mol. The first kappa shape index (κ1) is 27.5. The van der Waals surface area contributed by atoms with Gasteiger partial charge in [0.2, 0.25) is 0 Å². The van der Waals surface area contributed by atoms with Gasteiger partial charge in [0.25, 0.3) is 17.7 Å². The van der Waals surface area contributed by atoms with Crippen molar-refractivity contribution < 1.29 is 42.9 Å². The largest absolute Gasteiger partial charge is 0.457 e. The fourth-order valence-corrected chi connectivity index (χ4v) is 4.62. The van der Waals surface area contributed by atoms with Gasteiger partial charge in [-0.3, -0.25) is 28.9 Å². The van der Waals surface area contributed by atoms with Crippen LogP contribution >= 0.6 is 0 Å². The third-order valence-corrected chi connectivity index (χ3v) is 6.35. The van der Waals surface area contributed by atoms with Crippen molar-refractivity contribution in [3.8, 4) is 23.0 Å². The fourth-order valence-electron chi connectivity index (χ4n) is 4.62. The normalized spacial score (nSPS) is 15.9.